The standard InChI is InChI=1S/C20H26O6/c1-2-15(12-16(21)22)20(18(25)26)11-7-6-10-19(20,17(23)24)13-14-8-4-3-5-9-14/h3-5,8-9,15H,2,6-7,10-13H2,1H3,(H,21,22)(H,23,24)(H,25,26). The number of carboxylic acids is 3. The van der Waals surface area contributed by atoms with E-state index in [0.29, 0.717) is 19.3 Å². The quantitative estimate of drug-likeness (QED) is 0.653. The summed E-state index contributed by atoms with van der Waals surface area (Å²) < 4.78 is 0. The van der Waals surface area contributed by atoms with Gasteiger partial charge >= 0.3 is 17.9 Å². The SMILES string of the molecule is CCC(CC(=O)O)C1(C(=O)O)CCCCC1(Cc1ccccc1)C(=O)O. The van der Waals surface area contributed by atoms with Gasteiger partial charge in [0.15, 0.2) is 0 Å². The van der Waals surface area contributed by atoms with Gasteiger partial charge in [-0.25, -0.2) is 0 Å². The van der Waals surface area contributed by atoms with Gasteiger partial charge < -0.3 is 15.3 Å². The fourth-order valence-corrected chi connectivity index (χ4v) is 4.82. The molecule has 26 heavy (non-hydrogen) atoms. The first-order chi connectivity index (χ1) is 12.3. The lowest BCUT2D eigenvalue weighted by Crippen LogP contribution is -2.59. The zero-order valence-corrected chi connectivity index (χ0v) is 15.0. The third kappa shape index (κ3) is 3.32. The smallest absolute Gasteiger partial charge is 0.311 e. The van der Waals surface area contributed by atoms with E-state index in [-0.39, 0.29) is 25.7 Å². The van der Waals surface area contributed by atoms with Gasteiger partial charge in [0.25, 0.3) is 0 Å². The van der Waals surface area contributed by atoms with E-state index in [0.717, 1.165) is 5.56 Å². The Morgan fingerprint density at radius 1 is 1.00 bits per heavy atom. The molecular formula is C20H26O6. The van der Waals surface area contributed by atoms with Crippen molar-refractivity contribution in [3.63, 3.8) is 0 Å². The Morgan fingerprint density at radius 2 is 1.62 bits per heavy atom. The van der Waals surface area contributed by atoms with E-state index in [9.17, 15) is 29.7 Å². The number of benzene rings is 1. The highest BCUT2D eigenvalue weighted by Gasteiger charge is 2.65. The number of hydrogen-bond donors (Lipinski definition) is 3. The molecule has 0 amide bonds. The van der Waals surface area contributed by atoms with E-state index < -0.39 is 34.7 Å². The summed E-state index contributed by atoms with van der Waals surface area (Å²) in [6, 6.07) is 9.01. The van der Waals surface area contributed by atoms with Gasteiger partial charge in [-0.3, -0.25) is 14.4 Å². The van der Waals surface area contributed by atoms with Gasteiger partial charge in [0.2, 0.25) is 0 Å². The van der Waals surface area contributed by atoms with Crippen molar-refractivity contribution in [3.8, 4) is 0 Å². The van der Waals surface area contributed by atoms with Crippen molar-refractivity contribution in [2.45, 2.75) is 51.9 Å². The minimum atomic E-state index is -1.60. The van der Waals surface area contributed by atoms with Gasteiger partial charge in [-0.2, -0.15) is 0 Å². The number of aliphatic carboxylic acids is 3. The van der Waals surface area contributed by atoms with Crippen LogP contribution in [0.25, 0.3) is 0 Å². The van der Waals surface area contributed by atoms with Crippen LogP contribution in [0.5, 0.6) is 0 Å². The Kier molecular flexibility index (Phi) is 6.05. The average molecular weight is 362 g/mol. The summed E-state index contributed by atoms with van der Waals surface area (Å²) in [5.41, 5.74) is -2.36. The zero-order chi connectivity index (χ0) is 19.4. The molecule has 6 heteroatoms. The first kappa shape index (κ1) is 19.9. The van der Waals surface area contributed by atoms with E-state index in [1.165, 1.54) is 0 Å². The molecule has 1 aliphatic rings. The Morgan fingerprint density at radius 3 is 2.12 bits per heavy atom. The number of carbonyl (C=O) groups is 3. The van der Waals surface area contributed by atoms with E-state index in [1.54, 1.807) is 31.2 Å². The van der Waals surface area contributed by atoms with Gasteiger partial charge in [-0.05, 0) is 30.7 Å². The largest absolute Gasteiger partial charge is 0.481 e. The number of hydrogen-bond acceptors (Lipinski definition) is 3. The van der Waals surface area contributed by atoms with E-state index in [4.69, 9.17) is 0 Å². The van der Waals surface area contributed by atoms with Crippen molar-refractivity contribution < 1.29 is 29.7 Å². The fraction of sp³-hybridized carbons (Fsp3) is 0.550. The fourth-order valence-electron chi connectivity index (χ4n) is 4.82. The van der Waals surface area contributed by atoms with Crippen molar-refractivity contribution in [2.24, 2.45) is 16.7 Å². The van der Waals surface area contributed by atoms with Crippen LogP contribution in [-0.2, 0) is 20.8 Å². The lowest BCUT2D eigenvalue weighted by molar-refractivity contribution is -0.189. The molecule has 0 heterocycles. The van der Waals surface area contributed by atoms with Crippen LogP contribution < -0.4 is 0 Å². The van der Waals surface area contributed by atoms with Crippen LogP contribution in [0.15, 0.2) is 30.3 Å². The van der Waals surface area contributed by atoms with Crippen LogP contribution in [-0.4, -0.2) is 33.2 Å². The molecule has 1 fully saturated rings. The van der Waals surface area contributed by atoms with Crippen molar-refractivity contribution in [1.29, 1.82) is 0 Å². The van der Waals surface area contributed by atoms with Gasteiger partial charge in [0.05, 0.1) is 10.8 Å². The summed E-state index contributed by atoms with van der Waals surface area (Å²) in [5.74, 6) is -4.17. The number of rotatable bonds is 8. The third-order valence-electron chi connectivity index (χ3n) is 6.03. The highest BCUT2D eigenvalue weighted by Crippen LogP contribution is 2.58. The molecule has 1 aliphatic carbocycles. The molecule has 3 atom stereocenters. The minimum absolute atomic E-state index is 0.0889. The van der Waals surface area contributed by atoms with E-state index >= 15 is 0 Å². The molecule has 3 N–H and O–H groups in total. The Hall–Kier alpha value is -2.37. The van der Waals surface area contributed by atoms with Crippen molar-refractivity contribution in [1.82, 2.24) is 0 Å². The maximum absolute atomic E-state index is 12.5. The lowest BCUT2D eigenvalue weighted by Gasteiger charge is -2.52. The molecule has 0 radical (unpaired) electrons. The molecule has 2 rings (SSSR count). The molecule has 0 spiro atoms. The maximum Gasteiger partial charge on any atom is 0.311 e. The molecule has 1 aromatic carbocycles. The summed E-state index contributed by atoms with van der Waals surface area (Å²) >= 11 is 0. The summed E-state index contributed by atoms with van der Waals surface area (Å²) in [5, 5.41) is 29.7. The predicted octanol–water partition coefficient (Wildman–Crippen LogP) is 3.45. The summed E-state index contributed by atoms with van der Waals surface area (Å²) in [4.78, 5) is 36.4. The van der Waals surface area contributed by atoms with Crippen LogP contribution in [0.1, 0.15) is 51.0 Å². The second-order valence-corrected chi connectivity index (χ2v) is 7.24. The molecule has 0 bridgehead atoms. The van der Waals surface area contributed by atoms with Crippen LogP contribution in [0, 0.1) is 16.7 Å². The molecule has 1 saturated carbocycles. The van der Waals surface area contributed by atoms with Crippen LogP contribution in [0.4, 0.5) is 0 Å². The highest BCUT2D eigenvalue weighted by molar-refractivity contribution is 5.88. The molecule has 142 valence electrons. The topological polar surface area (TPSA) is 112 Å². The van der Waals surface area contributed by atoms with Gasteiger partial charge in [-0.15, -0.1) is 0 Å². The first-order valence-electron chi connectivity index (χ1n) is 9.02. The number of carboxylic acid groups (broad SMARTS) is 3. The first-order valence-corrected chi connectivity index (χ1v) is 9.02. The van der Waals surface area contributed by atoms with Crippen LogP contribution in [0.2, 0.25) is 0 Å². The molecular weight excluding hydrogens is 336 g/mol. The highest BCUT2D eigenvalue weighted by atomic mass is 16.4. The molecule has 3 unspecified atom stereocenters. The second kappa shape index (κ2) is 7.89. The average Bonchev–Trinajstić information content (AvgIpc) is 2.60. The van der Waals surface area contributed by atoms with Gasteiger partial charge in [0.1, 0.15) is 0 Å². The van der Waals surface area contributed by atoms with Crippen LogP contribution >= 0.6 is 0 Å². The van der Waals surface area contributed by atoms with E-state index in [1.807, 2.05) is 6.07 Å². The second-order valence-electron chi connectivity index (χ2n) is 7.24. The van der Waals surface area contributed by atoms with Crippen molar-refractivity contribution >= 4 is 17.9 Å². The Bertz CT molecular complexity index is 670. The van der Waals surface area contributed by atoms with E-state index in [2.05, 4.69) is 0 Å². The normalized spacial score (nSPS) is 26.8. The molecule has 0 aromatic heterocycles. The minimum Gasteiger partial charge on any atom is -0.481 e. The van der Waals surface area contributed by atoms with Crippen molar-refractivity contribution in [2.75, 3.05) is 0 Å². The van der Waals surface area contributed by atoms with Gasteiger partial charge in [-0.1, -0.05) is 56.5 Å². The maximum atomic E-state index is 12.5. The Balaban J connectivity index is 2.64. The Labute approximate surface area is 152 Å². The molecule has 6 nitrogen and oxygen atoms in total. The van der Waals surface area contributed by atoms with Crippen LogP contribution in [0.3, 0.4) is 0 Å². The summed E-state index contributed by atoms with van der Waals surface area (Å²) in [7, 11) is 0. The molecule has 0 saturated heterocycles. The zero-order valence-electron chi connectivity index (χ0n) is 15.0. The summed E-state index contributed by atoms with van der Waals surface area (Å²) in [6.07, 6.45) is 1.69. The predicted molar refractivity (Wildman–Crippen MR) is 94.8 cm³/mol. The third-order valence-corrected chi connectivity index (χ3v) is 6.03. The van der Waals surface area contributed by atoms with Crippen molar-refractivity contribution in [3.05, 3.63) is 35.9 Å². The van der Waals surface area contributed by atoms with Gasteiger partial charge in [0, 0.05) is 6.42 Å². The molecule has 0 aliphatic heterocycles. The molecule has 1 aromatic rings. The summed E-state index contributed by atoms with van der Waals surface area (Å²) in [6.45, 7) is 1.74. The monoisotopic (exact) mass is 362 g/mol. The lowest BCUT2D eigenvalue weighted by atomic mass is 9.48.